The summed E-state index contributed by atoms with van der Waals surface area (Å²) in [5.74, 6) is 1.11. The minimum Gasteiger partial charge on any atom is -0.495 e. The molecule has 0 bridgehead atoms. The first-order valence-corrected chi connectivity index (χ1v) is 10.7. The number of carbonyl (C=O) groups is 2. The Labute approximate surface area is 187 Å². The van der Waals surface area contributed by atoms with E-state index in [0.29, 0.717) is 40.1 Å². The molecule has 0 saturated carbocycles. The second-order valence-corrected chi connectivity index (χ2v) is 8.07. The highest BCUT2D eigenvalue weighted by molar-refractivity contribution is 6.20. The number of Topliss-reactive ketones (excluding diaryl/α,β-unsaturated/α-hetero) is 1. The maximum absolute atomic E-state index is 13.4. The van der Waals surface area contributed by atoms with E-state index in [1.54, 1.807) is 26.4 Å². The molecule has 0 radical (unpaired) electrons. The molecule has 0 amide bonds. The Kier molecular flexibility index (Phi) is 6.30. The number of carbonyl (C=O) groups excluding carboxylic acids is 2. The number of hydrogen-bond donors (Lipinski definition) is 0. The van der Waals surface area contributed by atoms with E-state index >= 15 is 0 Å². The van der Waals surface area contributed by atoms with Gasteiger partial charge >= 0.3 is 5.97 Å². The summed E-state index contributed by atoms with van der Waals surface area (Å²) < 4.78 is 17.1. The number of hydrogen-bond acceptors (Lipinski definition) is 7. The summed E-state index contributed by atoms with van der Waals surface area (Å²) in [6, 6.07) is 11.0. The Hall–Kier alpha value is -3.16. The minimum atomic E-state index is -0.422. The molecule has 0 spiro atoms. The van der Waals surface area contributed by atoms with E-state index in [-0.39, 0.29) is 5.78 Å². The topological polar surface area (TPSA) is 68.3 Å². The molecule has 3 aromatic rings. The van der Waals surface area contributed by atoms with Gasteiger partial charge in [-0.3, -0.25) is 14.5 Å². The zero-order valence-corrected chi connectivity index (χ0v) is 18.9. The molecule has 1 heterocycles. The Balaban J connectivity index is 1.90. The van der Waals surface area contributed by atoms with Gasteiger partial charge in [0, 0.05) is 54.8 Å². The van der Waals surface area contributed by atoms with E-state index in [1.807, 2.05) is 24.3 Å². The molecule has 0 aliphatic carbocycles. The van der Waals surface area contributed by atoms with Crippen LogP contribution in [0.1, 0.15) is 17.3 Å². The average molecular weight is 437 g/mol. The zero-order valence-electron chi connectivity index (χ0n) is 18.9. The van der Waals surface area contributed by atoms with E-state index in [0.717, 1.165) is 37.0 Å². The Morgan fingerprint density at radius 3 is 2.09 bits per heavy atom. The van der Waals surface area contributed by atoms with Crippen LogP contribution in [0.25, 0.3) is 21.5 Å². The van der Waals surface area contributed by atoms with Crippen molar-refractivity contribution < 1.29 is 23.8 Å². The van der Waals surface area contributed by atoms with Crippen LogP contribution >= 0.6 is 0 Å². The predicted molar refractivity (Wildman–Crippen MR) is 124 cm³/mol. The number of benzene rings is 3. The van der Waals surface area contributed by atoms with Gasteiger partial charge in [-0.25, -0.2) is 0 Å². The van der Waals surface area contributed by atoms with E-state index in [1.165, 1.54) is 6.92 Å². The number of ketones is 1. The molecule has 0 aromatic heterocycles. The summed E-state index contributed by atoms with van der Waals surface area (Å²) in [7, 11) is 5.25. The summed E-state index contributed by atoms with van der Waals surface area (Å²) in [6.07, 6.45) is 0. The fourth-order valence-electron chi connectivity index (χ4n) is 4.40. The first-order chi connectivity index (χ1) is 15.4. The monoisotopic (exact) mass is 436 g/mol. The highest BCUT2D eigenvalue weighted by Crippen LogP contribution is 2.47. The first kappa shape index (κ1) is 22.0. The second-order valence-electron chi connectivity index (χ2n) is 8.07. The quantitative estimate of drug-likeness (QED) is 0.254. The van der Waals surface area contributed by atoms with Crippen LogP contribution in [0.15, 0.2) is 36.4 Å². The minimum absolute atomic E-state index is 0.0380. The average Bonchev–Trinajstić information content (AvgIpc) is 2.78. The molecular formula is C25H28N2O5. The van der Waals surface area contributed by atoms with Gasteiger partial charge in [0.25, 0.3) is 0 Å². The molecule has 1 fully saturated rings. The van der Waals surface area contributed by atoms with Crippen LogP contribution in [0.3, 0.4) is 0 Å². The summed E-state index contributed by atoms with van der Waals surface area (Å²) in [5.41, 5.74) is 0.594. The van der Waals surface area contributed by atoms with Crippen LogP contribution in [0.5, 0.6) is 17.2 Å². The van der Waals surface area contributed by atoms with Crippen molar-refractivity contribution in [1.29, 1.82) is 0 Å². The molecule has 4 rings (SSSR count). The van der Waals surface area contributed by atoms with E-state index in [9.17, 15) is 9.59 Å². The van der Waals surface area contributed by atoms with Crippen molar-refractivity contribution in [2.45, 2.75) is 6.92 Å². The van der Waals surface area contributed by atoms with Crippen LogP contribution in [0.4, 0.5) is 0 Å². The van der Waals surface area contributed by atoms with Crippen molar-refractivity contribution in [2.24, 2.45) is 0 Å². The van der Waals surface area contributed by atoms with Gasteiger partial charge in [-0.05, 0) is 13.1 Å². The van der Waals surface area contributed by atoms with E-state index < -0.39 is 5.97 Å². The maximum atomic E-state index is 13.4. The van der Waals surface area contributed by atoms with Crippen molar-refractivity contribution in [3.05, 3.63) is 42.0 Å². The number of nitrogens with zero attached hydrogens (tertiary/aromatic N) is 2. The number of fused-ring (bicyclic) bond motifs is 2. The normalized spacial score (nSPS) is 15.1. The van der Waals surface area contributed by atoms with Crippen LogP contribution in [0.2, 0.25) is 0 Å². The standard InChI is InChI=1S/C25H28N2O5/c1-16(28)32-21-10-6-9-19-23(21)25(31-4)18-8-5-7-17(22(18)24(19)30-3)20(29)15-27-13-11-26(2)12-14-27/h5-10H,11-15H2,1-4H3. The second kappa shape index (κ2) is 9.14. The van der Waals surface area contributed by atoms with Crippen molar-refractivity contribution in [1.82, 2.24) is 9.80 Å². The molecule has 7 heteroatoms. The van der Waals surface area contributed by atoms with Crippen molar-refractivity contribution in [2.75, 3.05) is 54.0 Å². The third-order valence-corrected chi connectivity index (χ3v) is 5.96. The molecule has 1 aliphatic heterocycles. The lowest BCUT2D eigenvalue weighted by molar-refractivity contribution is -0.131. The lowest BCUT2D eigenvalue weighted by Gasteiger charge is -2.31. The SMILES string of the molecule is COc1c2cccc(C(=O)CN3CCN(C)CC3)c2c(OC)c2cccc(OC(C)=O)c12. The van der Waals surface area contributed by atoms with E-state index in [2.05, 4.69) is 16.8 Å². The largest absolute Gasteiger partial charge is 0.495 e. The molecule has 168 valence electrons. The van der Waals surface area contributed by atoms with Gasteiger partial charge in [0.05, 0.1) is 26.2 Å². The van der Waals surface area contributed by atoms with Gasteiger partial charge in [0.1, 0.15) is 17.2 Å². The number of rotatable bonds is 6. The number of ether oxygens (including phenoxy) is 3. The van der Waals surface area contributed by atoms with Gasteiger partial charge in [-0.2, -0.15) is 0 Å². The third-order valence-electron chi connectivity index (χ3n) is 5.96. The number of piperazine rings is 1. The van der Waals surface area contributed by atoms with E-state index in [4.69, 9.17) is 14.2 Å². The van der Waals surface area contributed by atoms with Gasteiger partial charge in [0.15, 0.2) is 5.78 Å². The van der Waals surface area contributed by atoms with Crippen LogP contribution in [0, 0.1) is 0 Å². The first-order valence-electron chi connectivity index (χ1n) is 10.7. The van der Waals surface area contributed by atoms with Crippen LogP contribution < -0.4 is 14.2 Å². The third kappa shape index (κ3) is 4.01. The molecule has 3 aromatic carbocycles. The molecule has 0 atom stereocenters. The molecular weight excluding hydrogens is 408 g/mol. The fraction of sp³-hybridized carbons (Fsp3) is 0.360. The molecule has 32 heavy (non-hydrogen) atoms. The van der Waals surface area contributed by atoms with Crippen molar-refractivity contribution in [3.8, 4) is 17.2 Å². The Morgan fingerprint density at radius 2 is 1.47 bits per heavy atom. The Bertz CT molecular complexity index is 1180. The highest BCUT2D eigenvalue weighted by Gasteiger charge is 2.25. The fourth-order valence-corrected chi connectivity index (χ4v) is 4.40. The lowest BCUT2D eigenvalue weighted by atomic mass is 9.94. The number of likely N-dealkylation sites (N-methyl/N-ethyl adjacent to an activating group) is 1. The summed E-state index contributed by atoms with van der Waals surface area (Å²) in [5, 5.41) is 2.80. The summed E-state index contributed by atoms with van der Waals surface area (Å²) in [6.45, 7) is 5.33. The number of esters is 1. The molecule has 1 aliphatic rings. The molecule has 1 saturated heterocycles. The van der Waals surface area contributed by atoms with Crippen molar-refractivity contribution in [3.63, 3.8) is 0 Å². The molecule has 7 nitrogen and oxygen atoms in total. The zero-order chi connectivity index (χ0) is 22.8. The summed E-state index contributed by atoms with van der Waals surface area (Å²) in [4.78, 5) is 29.5. The number of methoxy groups -OCH3 is 2. The molecule has 0 unspecified atom stereocenters. The van der Waals surface area contributed by atoms with Gasteiger partial charge < -0.3 is 19.1 Å². The lowest BCUT2D eigenvalue weighted by Crippen LogP contribution is -2.46. The van der Waals surface area contributed by atoms with Gasteiger partial charge in [-0.1, -0.05) is 30.3 Å². The maximum Gasteiger partial charge on any atom is 0.308 e. The van der Waals surface area contributed by atoms with Crippen LogP contribution in [-0.4, -0.2) is 75.5 Å². The van der Waals surface area contributed by atoms with Gasteiger partial charge in [0.2, 0.25) is 0 Å². The van der Waals surface area contributed by atoms with Gasteiger partial charge in [-0.15, -0.1) is 0 Å². The predicted octanol–water partition coefficient (Wildman–Crippen LogP) is 3.37. The smallest absolute Gasteiger partial charge is 0.308 e. The highest BCUT2D eigenvalue weighted by atomic mass is 16.5. The van der Waals surface area contributed by atoms with Crippen molar-refractivity contribution >= 4 is 33.3 Å². The Morgan fingerprint density at radius 1 is 0.875 bits per heavy atom. The molecule has 0 N–H and O–H groups in total. The summed E-state index contributed by atoms with van der Waals surface area (Å²) >= 11 is 0. The van der Waals surface area contributed by atoms with Crippen LogP contribution in [-0.2, 0) is 4.79 Å².